The summed E-state index contributed by atoms with van der Waals surface area (Å²) in [6.07, 6.45) is 2.51. The van der Waals surface area contributed by atoms with Gasteiger partial charge in [0.05, 0.1) is 31.0 Å². The van der Waals surface area contributed by atoms with E-state index in [9.17, 15) is 14.4 Å². The first-order valence-electron chi connectivity index (χ1n) is 13.3. The van der Waals surface area contributed by atoms with Crippen LogP contribution in [0.4, 0.5) is 0 Å². The Morgan fingerprint density at radius 2 is 1.54 bits per heavy atom. The number of aliphatic hydroxyl groups excluding tert-OH is 1. The normalized spacial score (nSPS) is 13.0. The number of ether oxygens (including phenoxy) is 4. The number of hydrogen-bond acceptors (Lipinski definition) is 8. The molecule has 8 nitrogen and oxygen atoms in total. The van der Waals surface area contributed by atoms with Gasteiger partial charge in [0, 0.05) is 12.0 Å². The number of rotatable bonds is 12. The summed E-state index contributed by atoms with van der Waals surface area (Å²) < 4.78 is 21.8. The third-order valence-electron chi connectivity index (χ3n) is 6.79. The van der Waals surface area contributed by atoms with Crippen LogP contribution in [0.1, 0.15) is 52.7 Å². The van der Waals surface area contributed by atoms with E-state index in [1.807, 2.05) is 32.0 Å². The minimum atomic E-state index is -0.677. The van der Waals surface area contributed by atoms with Crippen LogP contribution in [0.15, 0.2) is 79.4 Å². The lowest BCUT2D eigenvalue weighted by molar-refractivity contribution is -0.138. The average Bonchev–Trinajstić information content (AvgIpc) is 3.25. The van der Waals surface area contributed by atoms with Crippen LogP contribution in [-0.4, -0.2) is 42.8 Å². The molecule has 0 spiro atoms. The molecule has 1 unspecified atom stereocenters. The molecule has 41 heavy (non-hydrogen) atoms. The zero-order chi connectivity index (χ0) is 29.5. The van der Waals surface area contributed by atoms with E-state index in [1.165, 1.54) is 0 Å². The molecule has 8 heteroatoms. The summed E-state index contributed by atoms with van der Waals surface area (Å²) in [5.41, 5.74) is 5.18. The molecule has 0 aromatic heterocycles. The average molecular weight is 557 g/mol. The molecule has 4 rings (SSSR count). The molecule has 0 bridgehead atoms. The van der Waals surface area contributed by atoms with E-state index < -0.39 is 24.5 Å². The van der Waals surface area contributed by atoms with E-state index in [-0.39, 0.29) is 11.5 Å². The molecule has 0 saturated heterocycles. The first-order valence-corrected chi connectivity index (χ1v) is 13.3. The molecule has 1 atom stereocenters. The summed E-state index contributed by atoms with van der Waals surface area (Å²) in [5, 5.41) is 9.10. The number of benzene rings is 3. The number of aryl methyl sites for hydroxylation is 1. The van der Waals surface area contributed by atoms with Gasteiger partial charge in [0.15, 0.2) is 0 Å². The number of unbranched alkanes of at least 4 members (excludes halogenated alkanes) is 1. The third-order valence-corrected chi connectivity index (χ3v) is 6.79. The Morgan fingerprint density at radius 1 is 0.902 bits per heavy atom. The van der Waals surface area contributed by atoms with E-state index in [1.54, 1.807) is 36.4 Å². The zero-order valence-electron chi connectivity index (χ0n) is 23.1. The van der Waals surface area contributed by atoms with Gasteiger partial charge in [-0.2, -0.15) is 0 Å². The largest absolute Gasteiger partial charge is 0.493 e. The van der Waals surface area contributed by atoms with Crippen LogP contribution in [-0.2, 0) is 14.3 Å². The van der Waals surface area contributed by atoms with Gasteiger partial charge in [-0.15, -0.1) is 0 Å². The van der Waals surface area contributed by atoms with Crippen molar-refractivity contribution < 1.29 is 38.4 Å². The second kappa shape index (κ2) is 13.1. The first kappa shape index (κ1) is 29.3. The SMILES string of the molecule is C=CC(=O)OCCCCOc1ccc(C(=O)Oc2ccc3c(c2)C(C)c2cc(OC(=O)C(=C)CO)ccc2-3)cc1C. The quantitative estimate of drug-likeness (QED) is 0.131. The van der Waals surface area contributed by atoms with Gasteiger partial charge >= 0.3 is 17.9 Å². The Labute approximate surface area is 238 Å². The molecular weight excluding hydrogens is 524 g/mol. The minimum absolute atomic E-state index is 0.0219. The van der Waals surface area contributed by atoms with Crippen molar-refractivity contribution in [1.29, 1.82) is 0 Å². The van der Waals surface area contributed by atoms with Crippen molar-refractivity contribution in [3.8, 4) is 28.4 Å². The predicted molar refractivity (Wildman–Crippen MR) is 153 cm³/mol. The number of hydrogen-bond donors (Lipinski definition) is 1. The Kier molecular flexibility index (Phi) is 9.37. The maximum absolute atomic E-state index is 12.9. The van der Waals surface area contributed by atoms with Crippen molar-refractivity contribution >= 4 is 17.9 Å². The van der Waals surface area contributed by atoms with Crippen LogP contribution in [0.25, 0.3) is 11.1 Å². The lowest BCUT2D eigenvalue weighted by Crippen LogP contribution is -2.13. The van der Waals surface area contributed by atoms with Gasteiger partial charge in [-0.3, -0.25) is 0 Å². The fourth-order valence-electron chi connectivity index (χ4n) is 4.55. The van der Waals surface area contributed by atoms with E-state index in [0.29, 0.717) is 48.9 Å². The van der Waals surface area contributed by atoms with Gasteiger partial charge in [0.2, 0.25) is 0 Å². The molecule has 1 N–H and O–H groups in total. The van der Waals surface area contributed by atoms with Crippen LogP contribution >= 0.6 is 0 Å². The topological polar surface area (TPSA) is 108 Å². The Balaban J connectivity index is 1.37. The predicted octanol–water partition coefficient (Wildman–Crippen LogP) is 5.69. The Morgan fingerprint density at radius 3 is 2.15 bits per heavy atom. The van der Waals surface area contributed by atoms with E-state index >= 15 is 0 Å². The summed E-state index contributed by atoms with van der Waals surface area (Å²) in [6.45, 7) is 11.0. The van der Waals surface area contributed by atoms with Gasteiger partial charge < -0.3 is 24.1 Å². The molecule has 0 heterocycles. The van der Waals surface area contributed by atoms with Crippen LogP contribution in [0.3, 0.4) is 0 Å². The highest BCUT2D eigenvalue weighted by molar-refractivity contribution is 5.92. The summed E-state index contributed by atoms with van der Waals surface area (Å²) in [5.74, 6) is -0.162. The summed E-state index contributed by atoms with van der Waals surface area (Å²) in [7, 11) is 0. The maximum atomic E-state index is 12.9. The van der Waals surface area contributed by atoms with Crippen molar-refractivity contribution in [2.45, 2.75) is 32.6 Å². The molecule has 0 fully saturated rings. The molecule has 212 valence electrons. The Hall–Kier alpha value is -4.69. The summed E-state index contributed by atoms with van der Waals surface area (Å²) in [6, 6.07) is 16.1. The van der Waals surface area contributed by atoms with Crippen LogP contribution < -0.4 is 14.2 Å². The second-order valence-corrected chi connectivity index (χ2v) is 9.67. The fraction of sp³-hybridized carbons (Fsp3) is 0.242. The van der Waals surface area contributed by atoms with Gasteiger partial charge in [0.1, 0.15) is 17.2 Å². The zero-order valence-corrected chi connectivity index (χ0v) is 23.1. The second-order valence-electron chi connectivity index (χ2n) is 9.67. The molecule has 0 aliphatic heterocycles. The number of esters is 3. The van der Waals surface area contributed by atoms with Gasteiger partial charge in [-0.05, 0) is 90.0 Å². The summed E-state index contributed by atoms with van der Waals surface area (Å²) >= 11 is 0. The number of carbonyl (C=O) groups is 3. The van der Waals surface area contributed by atoms with Crippen molar-refractivity contribution in [1.82, 2.24) is 0 Å². The lowest BCUT2D eigenvalue weighted by atomic mass is 9.99. The summed E-state index contributed by atoms with van der Waals surface area (Å²) in [4.78, 5) is 36.0. The van der Waals surface area contributed by atoms with E-state index in [4.69, 9.17) is 24.1 Å². The van der Waals surface area contributed by atoms with E-state index in [2.05, 4.69) is 13.2 Å². The lowest BCUT2D eigenvalue weighted by Gasteiger charge is -2.12. The minimum Gasteiger partial charge on any atom is -0.493 e. The molecule has 3 aromatic carbocycles. The molecule has 1 aliphatic carbocycles. The first-order chi connectivity index (χ1) is 19.7. The van der Waals surface area contributed by atoms with Crippen molar-refractivity contribution in [3.05, 3.63) is 102 Å². The highest BCUT2D eigenvalue weighted by Gasteiger charge is 2.27. The number of aliphatic hydroxyl groups is 1. The molecule has 3 aromatic rings. The molecule has 0 amide bonds. The van der Waals surface area contributed by atoms with Crippen LogP contribution in [0, 0.1) is 6.92 Å². The van der Waals surface area contributed by atoms with Crippen LogP contribution in [0.5, 0.6) is 17.2 Å². The van der Waals surface area contributed by atoms with Crippen molar-refractivity contribution in [2.75, 3.05) is 19.8 Å². The highest BCUT2D eigenvalue weighted by Crippen LogP contribution is 2.47. The van der Waals surface area contributed by atoms with Crippen LogP contribution in [0.2, 0.25) is 0 Å². The highest BCUT2D eigenvalue weighted by atomic mass is 16.5. The van der Waals surface area contributed by atoms with Gasteiger partial charge in [-0.1, -0.05) is 32.2 Å². The molecule has 1 aliphatic rings. The fourth-order valence-corrected chi connectivity index (χ4v) is 4.55. The standard InChI is InChI=1S/C33H32O8/c1-5-31(35)39-15-7-6-14-38-30-13-8-23(16-20(30)2)33(37)41-25-10-12-27-26-11-9-24(40-32(36)21(3)19-34)17-28(26)22(4)29(27)18-25/h5,8-13,16-18,22,34H,1,3,6-7,14-15,19H2,2,4H3. The molecule has 0 radical (unpaired) electrons. The van der Waals surface area contributed by atoms with Crippen molar-refractivity contribution in [2.24, 2.45) is 0 Å². The van der Waals surface area contributed by atoms with Gasteiger partial charge in [0.25, 0.3) is 0 Å². The molecule has 0 saturated carbocycles. The molecular formula is C33H32O8. The van der Waals surface area contributed by atoms with E-state index in [0.717, 1.165) is 33.9 Å². The smallest absolute Gasteiger partial charge is 0.343 e. The third kappa shape index (κ3) is 6.91. The Bertz CT molecular complexity index is 1500. The maximum Gasteiger partial charge on any atom is 0.343 e. The van der Waals surface area contributed by atoms with Crippen molar-refractivity contribution in [3.63, 3.8) is 0 Å². The number of carbonyl (C=O) groups excluding carboxylic acids is 3. The monoisotopic (exact) mass is 556 g/mol. The number of fused-ring (bicyclic) bond motifs is 3. The van der Waals surface area contributed by atoms with Gasteiger partial charge in [-0.25, -0.2) is 14.4 Å².